The maximum Gasteiger partial charge on any atom is 0.0340 e. The third-order valence-corrected chi connectivity index (χ3v) is 2.88. The van der Waals surface area contributed by atoms with Crippen molar-refractivity contribution in [2.24, 2.45) is 0 Å². The molecule has 0 spiro atoms. The molecule has 1 heteroatoms. The van der Waals surface area contributed by atoms with Crippen LogP contribution in [0, 0.1) is 0 Å². The first-order valence-electron chi connectivity index (χ1n) is 6.69. The molecule has 16 heavy (non-hydrogen) atoms. The Bertz CT molecular complexity index is 234. The molecule has 0 aliphatic carbocycles. The lowest BCUT2D eigenvalue weighted by molar-refractivity contribution is 0.717. The van der Waals surface area contributed by atoms with Crippen molar-refractivity contribution in [2.75, 3.05) is 11.9 Å². The van der Waals surface area contributed by atoms with Crippen molar-refractivity contribution in [2.45, 2.75) is 52.4 Å². The van der Waals surface area contributed by atoms with Crippen LogP contribution in [0.5, 0.6) is 0 Å². The first kappa shape index (κ1) is 13.1. The molecule has 1 aromatic rings. The average Bonchev–Trinajstić information content (AvgIpc) is 2.32. The number of aryl methyl sites for hydroxylation is 1. The first-order chi connectivity index (χ1) is 7.86. The summed E-state index contributed by atoms with van der Waals surface area (Å²) in [6.45, 7) is 5.56. The molecular weight excluding hydrogens is 194 g/mol. The Morgan fingerprint density at radius 3 is 2.19 bits per heavy atom. The second-order valence-electron chi connectivity index (χ2n) is 4.43. The van der Waals surface area contributed by atoms with Crippen LogP contribution in [0.1, 0.15) is 51.5 Å². The van der Waals surface area contributed by atoms with Crippen molar-refractivity contribution in [1.82, 2.24) is 0 Å². The molecule has 0 unspecified atom stereocenters. The third-order valence-electron chi connectivity index (χ3n) is 2.88. The van der Waals surface area contributed by atoms with Gasteiger partial charge in [-0.1, -0.05) is 45.2 Å². The summed E-state index contributed by atoms with van der Waals surface area (Å²) in [5.74, 6) is 0. The predicted octanol–water partition coefficient (Wildman–Crippen LogP) is 4.63. The van der Waals surface area contributed by atoms with E-state index in [1.807, 2.05) is 0 Å². The summed E-state index contributed by atoms with van der Waals surface area (Å²) >= 11 is 0. The van der Waals surface area contributed by atoms with Crippen molar-refractivity contribution >= 4 is 5.69 Å². The van der Waals surface area contributed by atoms with Crippen LogP contribution >= 0.6 is 0 Å². The largest absolute Gasteiger partial charge is 0.385 e. The highest BCUT2D eigenvalue weighted by Crippen LogP contribution is 2.12. The summed E-state index contributed by atoms with van der Waals surface area (Å²) in [7, 11) is 0. The van der Waals surface area contributed by atoms with E-state index in [9.17, 15) is 0 Å². The Morgan fingerprint density at radius 2 is 1.56 bits per heavy atom. The molecule has 0 saturated heterocycles. The zero-order chi connectivity index (χ0) is 11.6. The van der Waals surface area contributed by atoms with E-state index in [2.05, 4.69) is 43.4 Å². The molecule has 0 radical (unpaired) electrons. The van der Waals surface area contributed by atoms with E-state index in [1.54, 1.807) is 0 Å². The molecule has 1 rings (SSSR count). The molecular formula is C15H25N. The minimum atomic E-state index is 1.09. The Morgan fingerprint density at radius 1 is 0.875 bits per heavy atom. The van der Waals surface area contributed by atoms with Crippen LogP contribution in [0.2, 0.25) is 0 Å². The molecule has 0 aliphatic rings. The molecule has 0 amide bonds. The predicted molar refractivity (Wildman–Crippen MR) is 73.1 cm³/mol. The van der Waals surface area contributed by atoms with Crippen molar-refractivity contribution in [3.05, 3.63) is 29.8 Å². The number of benzene rings is 1. The monoisotopic (exact) mass is 219 g/mol. The van der Waals surface area contributed by atoms with E-state index in [-0.39, 0.29) is 0 Å². The first-order valence-corrected chi connectivity index (χ1v) is 6.69. The van der Waals surface area contributed by atoms with Gasteiger partial charge in [0.15, 0.2) is 0 Å². The number of hydrogen-bond acceptors (Lipinski definition) is 1. The Kier molecular flexibility index (Phi) is 6.71. The molecule has 0 aliphatic heterocycles. The van der Waals surface area contributed by atoms with Gasteiger partial charge in [-0.15, -0.1) is 0 Å². The van der Waals surface area contributed by atoms with Gasteiger partial charge in [-0.25, -0.2) is 0 Å². The van der Waals surface area contributed by atoms with E-state index in [0.29, 0.717) is 0 Å². The zero-order valence-corrected chi connectivity index (χ0v) is 10.8. The van der Waals surface area contributed by atoms with Crippen LogP contribution in [0.3, 0.4) is 0 Å². The molecule has 1 aromatic carbocycles. The smallest absolute Gasteiger partial charge is 0.0340 e. The normalized spacial score (nSPS) is 10.4. The lowest BCUT2D eigenvalue weighted by Crippen LogP contribution is -2.00. The van der Waals surface area contributed by atoms with Gasteiger partial charge >= 0.3 is 0 Å². The van der Waals surface area contributed by atoms with Gasteiger partial charge in [0.1, 0.15) is 0 Å². The summed E-state index contributed by atoms with van der Waals surface area (Å²) in [5.41, 5.74) is 2.72. The minimum absolute atomic E-state index is 1.09. The second-order valence-corrected chi connectivity index (χ2v) is 4.43. The minimum Gasteiger partial charge on any atom is -0.385 e. The van der Waals surface area contributed by atoms with Crippen molar-refractivity contribution < 1.29 is 0 Å². The number of nitrogens with one attached hydrogen (secondary N) is 1. The van der Waals surface area contributed by atoms with Crippen LogP contribution in [0.4, 0.5) is 5.69 Å². The van der Waals surface area contributed by atoms with Gasteiger partial charge in [-0.3, -0.25) is 0 Å². The molecule has 0 atom stereocenters. The SMILES string of the molecule is CCCCCc1ccc(NCCCC)cc1. The summed E-state index contributed by atoms with van der Waals surface area (Å²) in [6.07, 6.45) is 7.69. The van der Waals surface area contributed by atoms with Gasteiger partial charge in [-0.2, -0.15) is 0 Å². The quantitative estimate of drug-likeness (QED) is 0.628. The Hall–Kier alpha value is -0.980. The van der Waals surface area contributed by atoms with Gasteiger partial charge in [0.05, 0.1) is 0 Å². The van der Waals surface area contributed by atoms with E-state index < -0.39 is 0 Å². The molecule has 90 valence electrons. The maximum atomic E-state index is 3.44. The van der Waals surface area contributed by atoms with Crippen LogP contribution in [-0.4, -0.2) is 6.54 Å². The lowest BCUT2D eigenvalue weighted by atomic mass is 10.1. The van der Waals surface area contributed by atoms with Crippen LogP contribution in [-0.2, 0) is 6.42 Å². The topological polar surface area (TPSA) is 12.0 Å². The summed E-state index contributed by atoms with van der Waals surface area (Å²) in [4.78, 5) is 0. The summed E-state index contributed by atoms with van der Waals surface area (Å²) in [6, 6.07) is 8.92. The van der Waals surface area contributed by atoms with E-state index in [4.69, 9.17) is 0 Å². The van der Waals surface area contributed by atoms with Gasteiger partial charge in [0.2, 0.25) is 0 Å². The number of anilines is 1. The standard InChI is InChI=1S/C15H25N/c1-3-5-7-8-14-9-11-15(12-10-14)16-13-6-4-2/h9-12,16H,3-8,13H2,1-2H3. The number of rotatable bonds is 8. The Balaban J connectivity index is 2.30. The van der Waals surface area contributed by atoms with E-state index in [1.165, 1.54) is 49.8 Å². The van der Waals surface area contributed by atoms with Crippen molar-refractivity contribution in [1.29, 1.82) is 0 Å². The maximum absolute atomic E-state index is 3.44. The fraction of sp³-hybridized carbons (Fsp3) is 0.600. The van der Waals surface area contributed by atoms with Gasteiger partial charge in [-0.05, 0) is 37.0 Å². The molecule has 1 nitrogen and oxygen atoms in total. The molecule has 0 heterocycles. The number of unbranched alkanes of at least 4 members (excludes halogenated alkanes) is 3. The fourth-order valence-electron chi connectivity index (χ4n) is 1.78. The molecule has 0 aromatic heterocycles. The summed E-state index contributed by atoms with van der Waals surface area (Å²) in [5, 5.41) is 3.44. The highest BCUT2D eigenvalue weighted by molar-refractivity contribution is 5.44. The number of hydrogen-bond donors (Lipinski definition) is 1. The van der Waals surface area contributed by atoms with Gasteiger partial charge in [0, 0.05) is 12.2 Å². The second kappa shape index (κ2) is 8.20. The van der Waals surface area contributed by atoms with Gasteiger partial charge < -0.3 is 5.32 Å². The van der Waals surface area contributed by atoms with Crippen LogP contribution < -0.4 is 5.32 Å². The lowest BCUT2D eigenvalue weighted by Gasteiger charge is -2.06. The highest BCUT2D eigenvalue weighted by Gasteiger charge is 1.94. The fourth-order valence-corrected chi connectivity index (χ4v) is 1.78. The van der Waals surface area contributed by atoms with Crippen LogP contribution in [0.15, 0.2) is 24.3 Å². The summed E-state index contributed by atoms with van der Waals surface area (Å²) < 4.78 is 0. The highest BCUT2D eigenvalue weighted by atomic mass is 14.9. The van der Waals surface area contributed by atoms with Crippen molar-refractivity contribution in [3.63, 3.8) is 0 Å². The van der Waals surface area contributed by atoms with Crippen molar-refractivity contribution in [3.8, 4) is 0 Å². The van der Waals surface area contributed by atoms with E-state index in [0.717, 1.165) is 6.54 Å². The van der Waals surface area contributed by atoms with Gasteiger partial charge in [0.25, 0.3) is 0 Å². The third kappa shape index (κ3) is 5.20. The van der Waals surface area contributed by atoms with E-state index >= 15 is 0 Å². The molecule has 1 N–H and O–H groups in total. The van der Waals surface area contributed by atoms with Crippen LogP contribution in [0.25, 0.3) is 0 Å². The molecule has 0 saturated carbocycles. The Labute approximate surface area is 100 Å². The zero-order valence-electron chi connectivity index (χ0n) is 10.8. The molecule has 0 bridgehead atoms. The molecule has 0 fully saturated rings. The average molecular weight is 219 g/mol.